The normalized spacial score (nSPS) is 19.0. The van der Waals surface area contributed by atoms with E-state index >= 15 is 0 Å². The standard InChI is InChI=1S/C16H22N4O2/c17-16(19-7-9-22-10-8-19)18-11-15(21)20-6-5-13-3-1-2-4-14(13)12-20/h1-4H,5-12H2,(H2,17,18). The largest absolute Gasteiger partial charge is 0.378 e. The summed E-state index contributed by atoms with van der Waals surface area (Å²) >= 11 is 0. The lowest BCUT2D eigenvalue weighted by molar-refractivity contribution is -0.130. The maximum Gasteiger partial charge on any atom is 0.244 e. The fourth-order valence-corrected chi connectivity index (χ4v) is 2.85. The first-order chi connectivity index (χ1) is 10.7. The lowest BCUT2D eigenvalue weighted by atomic mass is 10.00. The van der Waals surface area contributed by atoms with Gasteiger partial charge in [0.15, 0.2) is 5.96 Å². The molecule has 2 N–H and O–H groups in total. The van der Waals surface area contributed by atoms with E-state index in [0.29, 0.717) is 25.7 Å². The van der Waals surface area contributed by atoms with Gasteiger partial charge in [0, 0.05) is 26.2 Å². The number of carbonyl (C=O) groups excluding carboxylic acids is 1. The number of morpholine rings is 1. The van der Waals surface area contributed by atoms with Crippen LogP contribution in [0.5, 0.6) is 0 Å². The maximum absolute atomic E-state index is 12.3. The van der Waals surface area contributed by atoms with Gasteiger partial charge in [-0.05, 0) is 17.5 Å². The molecule has 1 fully saturated rings. The number of carbonyl (C=O) groups is 1. The van der Waals surface area contributed by atoms with Gasteiger partial charge in [0.05, 0.1) is 13.2 Å². The smallest absolute Gasteiger partial charge is 0.244 e. The van der Waals surface area contributed by atoms with Crippen molar-refractivity contribution in [3.05, 3.63) is 35.4 Å². The van der Waals surface area contributed by atoms with Crippen LogP contribution in [0.25, 0.3) is 0 Å². The van der Waals surface area contributed by atoms with Crippen molar-refractivity contribution in [2.24, 2.45) is 10.7 Å². The number of rotatable bonds is 2. The summed E-state index contributed by atoms with van der Waals surface area (Å²) in [4.78, 5) is 20.4. The van der Waals surface area contributed by atoms with Gasteiger partial charge < -0.3 is 20.3 Å². The van der Waals surface area contributed by atoms with Gasteiger partial charge in [-0.3, -0.25) is 4.79 Å². The second-order valence-corrected chi connectivity index (χ2v) is 5.61. The van der Waals surface area contributed by atoms with Crippen LogP contribution in [0, 0.1) is 0 Å². The number of ether oxygens (including phenoxy) is 1. The van der Waals surface area contributed by atoms with Crippen LogP contribution in [-0.2, 0) is 22.5 Å². The van der Waals surface area contributed by atoms with Gasteiger partial charge >= 0.3 is 0 Å². The van der Waals surface area contributed by atoms with Crippen molar-refractivity contribution in [3.63, 3.8) is 0 Å². The number of hydrogen-bond donors (Lipinski definition) is 1. The zero-order chi connectivity index (χ0) is 15.4. The second kappa shape index (κ2) is 6.79. The van der Waals surface area contributed by atoms with Crippen LogP contribution in [0.1, 0.15) is 11.1 Å². The molecule has 0 radical (unpaired) electrons. The summed E-state index contributed by atoms with van der Waals surface area (Å²) in [5.74, 6) is 0.472. The first-order valence-corrected chi connectivity index (χ1v) is 7.71. The van der Waals surface area contributed by atoms with Gasteiger partial charge in [-0.25, -0.2) is 4.99 Å². The molecule has 118 valence electrons. The van der Waals surface area contributed by atoms with Crippen molar-refractivity contribution < 1.29 is 9.53 Å². The highest BCUT2D eigenvalue weighted by Crippen LogP contribution is 2.18. The summed E-state index contributed by atoms with van der Waals surface area (Å²) in [6, 6.07) is 8.27. The molecule has 0 bridgehead atoms. The van der Waals surface area contributed by atoms with Gasteiger partial charge in [0.2, 0.25) is 5.91 Å². The molecule has 2 heterocycles. The van der Waals surface area contributed by atoms with Crippen LogP contribution in [0.3, 0.4) is 0 Å². The number of benzene rings is 1. The highest BCUT2D eigenvalue weighted by Gasteiger charge is 2.20. The average molecular weight is 302 g/mol. The average Bonchev–Trinajstić information content (AvgIpc) is 2.59. The van der Waals surface area contributed by atoms with Crippen LogP contribution >= 0.6 is 0 Å². The Bertz CT molecular complexity index is 567. The van der Waals surface area contributed by atoms with Gasteiger partial charge in [-0.2, -0.15) is 0 Å². The molecular formula is C16H22N4O2. The Hall–Kier alpha value is -2.08. The first kappa shape index (κ1) is 14.8. The molecule has 1 amide bonds. The fraction of sp³-hybridized carbons (Fsp3) is 0.500. The minimum Gasteiger partial charge on any atom is -0.378 e. The Morgan fingerprint density at radius 3 is 2.64 bits per heavy atom. The third kappa shape index (κ3) is 3.39. The predicted octanol–water partition coefficient (Wildman–Crippen LogP) is 0.218. The Morgan fingerprint density at radius 1 is 1.14 bits per heavy atom. The Morgan fingerprint density at radius 2 is 1.86 bits per heavy atom. The number of amides is 1. The molecule has 6 nitrogen and oxygen atoms in total. The second-order valence-electron chi connectivity index (χ2n) is 5.61. The fourth-order valence-electron chi connectivity index (χ4n) is 2.85. The molecule has 0 unspecified atom stereocenters. The Kier molecular flexibility index (Phi) is 4.58. The van der Waals surface area contributed by atoms with Gasteiger partial charge in [-0.15, -0.1) is 0 Å². The molecule has 0 atom stereocenters. The molecule has 1 aromatic carbocycles. The number of aliphatic imine (C=N–C) groups is 1. The number of fused-ring (bicyclic) bond motifs is 1. The van der Waals surface area contributed by atoms with Crippen molar-refractivity contribution in [1.29, 1.82) is 0 Å². The zero-order valence-corrected chi connectivity index (χ0v) is 12.7. The summed E-state index contributed by atoms with van der Waals surface area (Å²) < 4.78 is 5.28. The summed E-state index contributed by atoms with van der Waals surface area (Å²) in [5, 5.41) is 0. The molecule has 1 saturated heterocycles. The molecule has 0 aliphatic carbocycles. The van der Waals surface area contributed by atoms with E-state index in [4.69, 9.17) is 10.5 Å². The van der Waals surface area contributed by atoms with Crippen LogP contribution in [0.4, 0.5) is 0 Å². The molecule has 0 saturated carbocycles. The lowest BCUT2D eigenvalue weighted by Crippen LogP contribution is -2.45. The van der Waals surface area contributed by atoms with E-state index in [-0.39, 0.29) is 12.5 Å². The van der Waals surface area contributed by atoms with Crippen molar-refractivity contribution in [2.75, 3.05) is 39.4 Å². The van der Waals surface area contributed by atoms with Crippen LogP contribution in [0.2, 0.25) is 0 Å². The Labute approximate surface area is 130 Å². The third-order valence-electron chi connectivity index (χ3n) is 4.19. The molecule has 2 aliphatic heterocycles. The predicted molar refractivity (Wildman–Crippen MR) is 84.4 cm³/mol. The van der Waals surface area contributed by atoms with Crippen molar-refractivity contribution >= 4 is 11.9 Å². The molecule has 22 heavy (non-hydrogen) atoms. The molecular weight excluding hydrogens is 280 g/mol. The Balaban J connectivity index is 1.56. The summed E-state index contributed by atoms with van der Waals surface area (Å²) in [6.07, 6.45) is 0.907. The lowest BCUT2D eigenvalue weighted by Gasteiger charge is -2.29. The molecule has 6 heteroatoms. The van der Waals surface area contributed by atoms with Gasteiger partial charge in [0.25, 0.3) is 0 Å². The van der Waals surface area contributed by atoms with Crippen LogP contribution in [-0.4, -0.2) is 61.1 Å². The van der Waals surface area contributed by atoms with Crippen molar-refractivity contribution in [3.8, 4) is 0 Å². The minimum absolute atomic E-state index is 0.0331. The van der Waals surface area contributed by atoms with Crippen molar-refractivity contribution in [2.45, 2.75) is 13.0 Å². The van der Waals surface area contributed by atoms with Gasteiger partial charge in [-0.1, -0.05) is 24.3 Å². The van der Waals surface area contributed by atoms with E-state index in [0.717, 1.165) is 26.1 Å². The van der Waals surface area contributed by atoms with E-state index in [9.17, 15) is 4.79 Å². The van der Waals surface area contributed by atoms with E-state index in [1.54, 1.807) is 0 Å². The highest BCUT2D eigenvalue weighted by atomic mass is 16.5. The third-order valence-corrected chi connectivity index (χ3v) is 4.19. The van der Waals surface area contributed by atoms with E-state index in [1.165, 1.54) is 11.1 Å². The monoisotopic (exact) mass is 302 g/mol. The number of nitrogens with two attached hydrogens (primary N) is 1. The zero-order valence-electron chi connectivity index (χ0n) is 12.7. The molecule has 3 rings (SSSR count). The summed E-state index contributed by atoms with van der Waals surface area (Å²) in [7, 11) is 0. The summed E-state index contributed by atoms with van der Waals surface area (Å²) in [6.45, 7) is 4.33. The topological polar surface area (TPSA) is 71.2 Å². The van der Waals surface area contributed by atoms with Gasteiger partial charge in [0.1, 0.15) is 6.54 Å². The van der Waals surface area contributed by atoms with E-state index < -0.39 is 0 Å². The molecule has 1 aromatic rings. The SMILES string of the molecule is NC(=NCC(=O)N1CCc2ccccc2C1)N1CCOCC1. The first-order valence-electron chi connectivity index (χ1n) is 7.71. The molecule has 2 aliphatic rings. The van der Waals surface area contributed by atoms with Crippen molar-refractivity contribution in [1.82, 2.24) is 9.80 Å². The van der Waals surface area contributed by atoms with Crippen LogP contribution in [0.15, 0.2) is 29.3 Å². The van der Waals surface area contributed by atoms with E-state index in [1.807, 2.05) is 21.9 Å². The summed E-state index contributed by atoms with van der Waals surface area (Å²) in [5.41, 5.74) is 8.52. The van der Waals surface area contributed by atoms with Crippen LogP contribution < -0.4 is 5.73 Å². The number of nitrogens with zero attached hydrogens (tertiary/aromatic N) is 3. The minimum atomic E-state index is 0.0331. The maximum atomic E-state index is 12.3. The molecule has 0 aromatic heterocycles. The highest BCUT2D eigenvalue weighted by molar-refractivity contribution is 5.84. The van der Waals surface area contributed by atoms with E-state index in [2.05, 4.69) is 17.1 Å². The number of guanidine groups is 1. The molecule has 0 spiro atoms. The quantitative estimate of drug-likeness (QED) is 0.626. The number of hydrogen-bond acceptors (Lipinski definition) is 3.